The quantitative estimate of drug-likeness (QED) is 0.518. The maximum Gasteiger partial charge on any atom is 0.262 e. The Balaban J connectivity index is 1.79. The molecule has 0 unspecified atom stereocenters. The normalized spacial score (nSPS) is 11.8. The molecule has 9 nitrogen and oxygen atoms in total. The molecule has 0 aliphatic rings. The predicted octanol–water partition coefficient (Wildman–Crippen LogP) is 3.54. The molecule has 2 aromatic heterocycles. The Hall–Kier alpha value is -2.88. The SMILES string of the molecule is COc1nc(Nc2cnn([C@@H](C)CO)c2)ncc1C(=O)Nc1c(Cl)cccc1Cl. The summed E-state index contributed by atoms with van der Waals surface area (Å²) in [6.07, 6.45) is 4.60. The van der Waals surface area contributed by atoms with Crippen molar-refractivity contribution in [1.82, 2.24) is 19.7 Å². The van der Waals surface area contributed by atoms with Crippen LogP contribution in [0, 0.1) is 0 Å². The van der Waals surface area contributed by atoms with Crippen molar-refractivity contribution in [3.63, 3.8) is 0 Å². The molecule has 0 bridgehead atoms. The van der Waals surface area contributed by atoms with Crippen molar-refractivity contribution in [2.45, 2.75) is 13.0 Å². The van der Waals surface area contributed by atoms with Crippen LogP contribution in [0.4, 0.5) is 17.3 Å². The minimum absolute atomic E-state index is 0.0370. The highest BCUT2D eigenvalue weighted by molar-refractivity contribution is 6.40. The smallest absolute Gasteiger partial charge is 0.262 e. The number of anilines is 3. The van der Waals surface area contributed by atoms with Crippen molar-refractivity contribution >= 4 is 46.4 Å². The molecule has 1 aromatic carbocycles. The number of carbonyl (C=O) groups is 1. The van der Waals surface area contributed by atoms with Crippen molar-refractivity contribution in [3.05, 3.63) is 52.4 Å². The van der Waals surface area contributed by atoms with Crippen LogP contribution >= 0.6 is 23.2 Å². The van der Waals surface area contributed by atoms with Crippen LogP contribution in [-0.4, -0.2) is 44.5 Å². The molecular formula is C18H18Cl2N6O3. The summed E-state index contributed by atoms with van der Waals surface area (Å²) in [4.78, 5) is 21.0. The Kier molecular flexibility index (Phi) is 6.53. The van der Waals surface area contributed by atoms with Crippen LogP contribution in [0.25, 0.3) is 0 Å². The number of methoxy groups -OCH3 is 1. The maximum atomic E-state index is 12.6. The second-order valence-electron chi connectivity index (χ2n) is 6.03. The van der Waals surface area contributed by atoms with Crippen LogP contribution in [0.2, 0.25) is 10.0 Å². The molecule has 0 fully saturated rings. The molecule has 0 spiro atoms. The molecule has 1 atom stereocenters. The highest BCUT2D eigenvalue weighted by Gasteiger charge is 2.18. The molecule has 2 heterocycles. The van der Waals surface area contributed by atoms with Gasteiger partial charge in [0.1, 0.15) is 5.56 Å². The first-order valence-corrected chi connectivity index (χ1v) is 9.27. The number of amides is 1. The van der Waals surface area contributed by atoms with Crippen LogP contribution in [0.5, 0.6) is 5.88 Å². The Morgan fingerprint density at radius 1 is 1.31 bits per heavy atom. The van der Waals surface area contributed by atoms with Gasteiger partial charge >= 0.3 is 0 Å². The van der Waals surface area contributed by atoms with Gasteiger partial charge in [-0.1, -0.05) is 29.3 Å². The van der Waals surface area contributed by atoms with Gasteiger partial charge in [-0.05, 0) is 19.1 Å². The van der Waals surface area contributed by atoms with Gasteiger partial charge in [0.25, 0.3) is 5.91 Å². The van der Waals surface area contributed by atoms with Gasteiger partial charge in [-0.2, -0.15) is 10.1 Å². The minimum Gasteiger partial charge on any atom is -0.480 e. The number of aromatic nitrogens is 4. The van der Waals surface area contributed by atoms with Gasteiger partial charge in [0.05, 0.1) is 47.4 Å². The van der Waals surface area contributed by atoms with E-state index < -0.39 is 5.91 Å². The van der Waals surface area contributed by atoms with E-state index in [4.69, 9.17) is 27.9 Å². The summed E-state index contributed by atoms with van der Waals surface area (Å²) in [6.45, 7) is 1.79. The zero-order valence-corrected chi connectivity index (χ0v) is 17.1. The molecule has 1 amide bonds. The molecule has 29 heavy (non-hydrogen) atoms. The van der Waals surface area contributed by atoms with Gasteiger partial charge in [-0.15, -0.1) is 0 Å². The third-order valence-corrected chi connectivity index (χ3v) is 4.60. The summed E-state index contributed by atoms with van der Waals surface area (Å²) in [5, 5.41) is 19.6. The van der Waals surface area contributed by atoms with Gasteiger partial charge in [0, 0.05) is 12.4 Å². The van der Waals surface area contributed by atoms with Gasteiger partial charge in [-0.25, -0.2) is 4.98 Å². The third-order valence-electron chi connectivity index (χ3n) is 3.97. The molecule has 0 saturated carbocycles. The Morgan fingerprint density at radius 3 is 2.69 bits per heavy atom. The summed E-state index contributed by atoms with van der Waals surface area (Å²) in [5.41, 5.74) is 1.02. The first-order chi connectivity index (χ1) is 13.9. The molecule has 152 valence electrons. The average Bonchev–Trinajstić information content (AvgIpc) is 3.18. The molecule has 3 rings (SSSR count). The van der Waals surface area contributed by atoms with Crippen LogP contribution in [0.15, 0.2) is 36.8 Å². The van der Waals surface area contributed by atoms with Gasteiger partial charge in [0.15, 0.2) is 0 Å². The van der Waals surface area contributed by atoms with Crippen LogP contribution in [0.1, 0.15) is 23.3 Å². The molecule has 0 radical (unpaired) electrons. The number of aliphatic hydroxyl groups excluding tert-OH is 1. The zero-order valence-electron chi connectivity index (χ0n) is 15.6. The van der Waals surface area contributed by atoms with Gasteiger partial charge in [-0.3, -0.25) is 9.48 Å². The number of aliphatic hydroxyl groups is 1. The highest BCUT2D eigenvalue weighted by Crippen LogP contribution is 2.31. The summed E-state index contributed by atoms with van der Waals surface area (Å²) >= 11 is 12.2. The van der Waals surface area contributed by atoms with Crippen molar-refractivity contribution in [2.75, 3.05) is 24.4 Å². The number of hydrogen-bond donors (Lipinski definition) is 3. The average molecular weight is 437 g/mol. The molecule has 0 saturated heterocycles. The number of halogens is 2. The van der Waals surface area contributed by atoms with E-state index in [0.717, 1.165) is 0 Å². The number of ether oxygens (including phenoxy) is 1. The molecular weight excluding hydrogens is 419 g/mol. The second kappa shape index (κ2) is 9.08. The van der Waals surface area contributed by atoms with E-state index in [-0.39, 0.29) is 35.7 Å². The van der Waals surface area contributed by atoms with E-state index in [1.165, 1.54) is 13.3 Å². The van der Waals surface area contributed by atoms with Gasteiger partial charge in [0.2, 0.25) is 11.8 Å². The Labute approximate surface area is 176 Å². The Bertz CT molecular complexity index is 1010. The lowest BCUT2D eigenvalue weighted by Crippen LogP contribution is -2.15. The summed E-state index contributed by atoms with van der Waals surface area (Å²) in [6, 6.07) is 4.74. The van der Waals surface area contributed by atoms with Crippen LogP contribution in [-0.2, 0) is 0 Å². The number of nitrogens with zero attached hydrogens (tertiary/aromatic N) is 4. The molecule has 3 aromatic rings. The molecule has 11 heteroatoms. The fourth-order valence-electron chi connectivity index (χ4n) is 2.39. The largest absolute Gasteiger partial charge is 0.480 e. The summed E-state index contributed by atoms with van der Waals surface area (Å²) in [5.74, 6) is -0.238. The zero-order chi connectivity index (χ0) is 21.0. The van der Waals surface area contributed by atoms with Crippen LogP contribution < -0.4 is 15.4 Å². The summed E-state index contributed by atoms with van der Waals surface area (Å²) in [7, 11) is 1.40. The maximum absolute atomic E-state index is 12.6. The number of rotatable bonds is 7. The van der Waals surface area contributed by atoms with Crippen LogP contribution in [0.3, 0.4) is 0 Å². The molecule has 3 N–H and O–H groups in total. The monoisotopic (exact) mass is 436 g/mol. The van der Waals surface area contributed by atoms with E-state index >= 15 is 0 Å². The van der Waals surface area contributed by atoms with Crippen molar-refractivity contribution in [3.8, 4) is 5.88 Å². The van der Waals surface area contributed by atoms with E-state index in [9.17, 15) is 9.90 Å². The molecule has 0 aliphatic carbocycles. The summed E-state index contributed by atoms with van der Waals surface area (Å²) < 4.78 is 6.84. The number of hydrogen-bond acceptors (Lipinski definition) is 7. The number of benzene rings is 1. The number of para-hydroxylation sites is 1. The third kappa shape index (κ3) is 4.76. The Morgan fingerprint density at radius 2 is 2.03 bits per heavy atom. The number of nitrogens with one attached hydrogen (secondary N) is 2. The predicted molar refractivity (Wildman–Crippen MR) is 110 cm³/mol. The van der Waals surface area contributed by atoms with E-state index in [0.29, 0.717) is 15.7 Å². The first kappa shape index (κ1) is 20.8. The number of carbonyl (C=O) groups excluding carboxylic acids is 1. The fourth-order valence-corrected chi connectivity index (χ4v) is 2.88. The van der Waals surface area contributed by atoms with E-state index in [2.05, 4.69) is 25.7 Å². The van der Waals surface area contributed by atoms with E-state index in [1.54, 1.807) is 35.3 Å². The second-order valence-corrected chi connectivity index (χ2v) is 6.85. The van der Waals surface area contributed by atoms with E-state index in [1.807, 2.05) is 6.92 Å². The molecule has 0 aliphatic heterocycles. The lowest BCUT2D eigenvalue weighted by atomic mass is 10.2. The fraction of sp³-hybridized carbons (Fsp3) is 0.222. The van der Waals surface area contributed by atoms with Crippen molar-refractivity contribution in [2.24, 2.45) is 0 Å². The highest BCUT2D eigenvalue weighted by atomic mass is 35.5. The lowest BCUT2D eigenvalue weighted by molar-refractivity contribution is 0.102. The topological polar surface area (TPSA) is 114 Å². The van der Waals surface area contributed by atoms with Crippen molar-refractivity contribution in [1.29, 1.82) is 0 Å². The standard InChI is InChI=1S/C18H18Cl2N6O3/c1-10(9-27)26-8-11(6-22-26)23-18-21-7-12(17(25-18)29-2)16(28)24-15-13(19)4-3-5-14(15)20/h3-8,10,27H,9H2,1-2H3,(H,24,28)(H,21,23,25)/t10-/m0/s1. The van der Waals surface area contributed by atoms with Crippen molar-refractivity contribution < 1.29 is 14.6 Å². The first-order valence-electron chi connectivity index (χ1n) is 8.51. The van der Waals surface area contributed by atoms with Gasteiger partial charge < -0.3 is 20.5 Å². The minimum atomic E-state index is -0.520. The lowest BCUT2D eigenvalue weighted by Gasteiger charge is -2.12.